The number of carbonyl (C=O) groups is 2. The second kappa shape index (κ2) is 5.22. The smallest absolute Gasteiger partial charge is 0.246 e. The van der Waals surface area contributed by atoms with Crippen LogP contribution in [0.1, 0.15) is 34.1 Å². The first kappa shape index (κ1) is 13.6. The molecule has 1 heterocycles. The van der Waals surface area contributed by atoms with Gasteiger partial charge in [0, 0.05) is 13.0 Å². The average Bonchev–Trinajstić information content (AvgIpc) is 2.21. The van der Waals surface area contributed by atoms with Crippen molar-refractivity contribution in [3.63, 3.8) is 0 Å². The largest absolute Gasteiger partial charge is 0.342 e. The lowest BCUT2D eigenvalue weighted by atomic mass is 9.85. The molecule has 1 aliphatic rings. The van der Waals surface area contributed by atoms with Crippen LogP contribution in [0.2, 0.25) is 0 Å². The van der Waals surface area contributed by atoms with E-state index in [9.17, 15) is 9.59 Å². The first-order valence-electron chi connectivity index (χ1n) is 5.84. The van der Waals surface area contributed by atoms with E-state index in [4.69, 9.17) is 0 Å². The van der Waals surface area contributed by atoms with E-state index in [2.05, 4.69) is 17.2 Å². The summed E-state index contributed by atoms with van der Waals surface area (Å²) in [6.45, 7) is 8.29. The molecule has 1 aliphatic heterocycles. The van der Waals surface area contributed by atoms with Gasteiger partial charge >= 0.3 is 0 Å². The van der Waals surface area contributed by atoms with Crippen molar-refractivity contribution in [2.24, 2.45) is 5.41 Å². The summed E-state index contributed by atoms with van der Waals surface area (Å²) < 4.78 is 0. The Kier molecular flexibility index (Phi) is 4.17. The lowest BCUT2D eigenvalue weighted by molar-refractivity contribution is -0.147. The average molecular weight is 236 g/mol. The summed E-state index contributed by atoms with van der Waals surface area (Å²) in [5, 5.41) is 2.76. The topological polar surface area (TPSA) is 49.4 Å². The molecule has 4 nitrogen and oxygen atoms in total. The van der Waals surface area contributed by atoms with Gasteiger partial charge in [0.1, 0.15) is 6.04 Å². The highest BCUT2D eigenvalue weighted by Gasteiger charge is 2.39. The Morgan fingerprint density at radius 1 is 1.41 bits per heavy atom. The van der Waals surface area contributed by atoms with Crippen molar-refractivity contribution in [3.05, 3.63) is 0 Å². The Bertz CT molecular complexity index is 371. The molecule has 94 valence electrons. The summed E-state index contributed by atoms with van der Waals surface area (Å²) in [6, 6.07) is -0.432. The zero-order valence-electron chi connectivity index (χ0n) is 11.0. The van der Waals surface area contributed by atoms with Crippen LogP contribution in [0.25, 0.3) is 0 Å². The van der Waals surface area contributed by atoms with Crippen LogP contribution in [-0.2, 0) is 9.59 Å². The van der Waals surface area contributed by atoms with Gasteiger partial charge in [0.05, 0.1) is 6.54 Å². The van der Waals surface area contributed by atoms with Crippen molar-refractivity contribution in [2.75, 3.05) is 13.1 Å². The minimum absolute atomic E-state index is 0.00463. The third-order valence-corrected chi connectivity index (χ3v) is 2.75. The molecule has 0 spiro atoms. The van der Waals surface area contributed by atoms with Gasteiger partial charge in [0.25, 0.3) is 0 Å². The van der Waals surface area contributed by atoms with E-state index in [-0.39, 0.29) is 23.8 Å². The first-order valence-corrected chi connectivity index (χ1v) is 5.84. The molecule has 1 N–H and O–H groups in total. The van der Waals surface area contributed by atoms with Gasteiger partial charge < -0.3 is 10.2 Å². The SMILES string of the molecule is CC#CCCN1CC(=O)NC(C(C)(C)C)C1=O. The highest BCUT2D eigenvalue weighted by Crippen LogP contribution is 2.23. The minimum atomic E-state index is -0.432. The van der Waals surface area contributed by atoms with Gasteiger partial charge in [-0.15, -0.1) is 11.8 Å². The Morgan fingerprint density at radius 3 is 2.59 bits per heavy atom. The van der Waals surface area contributed by atoms with Crippen molar-refractivity contribution in [1.82, 2.24) is 10.2 Å². The third kappa shape index (κ3) is 3.48. The minimum Gasteiger partial charge on any atom is -0.342 e. The van der Waals surface area contributed by atoms with Crippen molar-refractivity contribution in [1.29, 1.82) is 0 Å². The molecule has 1 rings (SSSR count). The molecule has 0 aromatic heterocycles. The molecule has 1 saturated heterocycles. The number of carbonyl (C=O) groups excluding carboxylic acids is 2. The molecule has 1 atom stereocenters. The van der Waals surface area contributed by atoms with Crippen LogP contribution >= 0.6 is 0 Å². The maximum absolute atomic E-state index is 12.2. The molecule has 17 heavy (non-hydrogen) atoms. The highest BCUT2D eigenvalue weighted by molar-refractivity contribution is 5.95. The zero-order chi connectivity index (χ0) is 13.1. The van der Waals surface area contributed by atoms with Crippen LogP contribution in [-0.4, -0.2) is 35.8 Å². The van der Waals surface area contributed by atoms with Gasteiger partial charge in [-0.05, 0) is 12.3 Å². The first-order chi connectivity index (χ1) is 7.86. The predicted molar refractivity (Wildman–Crippen MR) is 66.0 cm³/mol. The normalized spacial score (nSPS) is 20.7. The molecule has 4 heteroatoms. The Balaban J connectivity index is 2.74. The molecule has 2 amide bonds. The number of hydrogen-bond acceptors (Lipinski definition) is 2. The Morgan fingerprint density at radius 2 is 2.06 bits per heavy atom. The fraction of sp³-hybridized carbons (Fsp3) is 0.692. The fourth-order valence-electron chi connectivity index (χ4n) is 1.79. The summed E-state index contributed by atoms with van der Waals surface area (Å²) >= 11 is 0. The maximum Gasteiger partial charge on any atom is 0.246 e. The number of amides is 2. The van der Waals surface area contributed by atoms with E-state index < -0.39 is 6.04 Å². The molecule has 0 aliphatic carbocycles. The second-order valence-corrected chi connectivity index (χ2v) is 5.30. The van der Waals surface area contributed by atoms with Gasteiger partial charge in [-0.25, -0.2) is 0 Å². The zero-order valence-corrected chi connectivity index (χ0v) is 11.0. The number of rotatable bonds is 2. The molecule has 0 aromatic carbocycles. The quantitative estimate of drug-likeness (QED) is 0.720. The number of nitrogens with one attached hydrogen (secondary N) is 1. The number of nitrogens with zero attached hydrogens (tertiary/aromatic N) is 1. The van der Waals surface area contributed by atoms with Crippen LogP contribution in [0.3, 0.4) is 0 Å². The van der Waals surface area contributed by atoms with Gasteiger partial charge in [-0.2, -0.15) is 0 Å². The lowest BCUT2D eigenvalue weighted by Crippen LogP contribution is -2.62. The fourth-order valence-corrected chi connectivity index (χ4v) is 1.79. The van der Waals surface area contributed by atoms with Crippen molar-refractivity contribution < 1.29 is 9.59 Å². The van der Waals surface area contributed by atoms with Crippen LogP contribution in [0.4, 0.5) is 0 Å². The van der Waals surface area contributed by atoms with Crippen LogP contribution in [0.15, 0.2) is 0 Å². The molecular formula is C13H20N2O2. The van der Waals surface area contributed by atoms with Crippen LogP contribution in [0.5, 0.6) is 0 Å². The third-order valence-electron chi connectivity index (χ3n) is 2.75. The van der Waals surface area contributed by atoms with E-state index in [1.807, 2.05) is 20.8 Å². The van der Waals surface area contributed by atoms with E-state index in [1.165, 1.54) is 0 Å². The number of piperazine rings is 1. The Labute approximate surface area is 103 Å². The van der Waals surface area contributed by atoms with Crippen LogP contribution in [0, 0.1) is 17.3 Å². The monoisotopic (exact) mass is 236 g/mol. The van der Waals surface area contributed by atoms with Crippen molar-refractivity contribution in [3.8, 4) is 11.8 Å². The summed E-state index contributed by atoms with van der Waals surface area (Å²) in [4.78, 5) is 25.3. The molecule has 1 unspecified atom stereocenters. The Hall–Kier alpha value is -1.50. The van der Waals surface area contributed by atoms with E-state index in [0.29, 0.717) is 13.0 Å². The van der Waals surface area contributed by atoms with Gasteiger partial charge in [0.2, 0.25) is 11.8 Å². The molecule has 1 fully saturated rings. The summed E-state index contributed by atoms with van der Waals surface area (Å²) in [7, 11) is 0. The van der Waals surface area contributed by atoms with E-state index in [1.54, 1.807) is 11.8 Å². The summed E-state index contributed by atoms with van der Waals surface area (Å²) in [6.07, 6.45) is 0.617. The standard InChI is InChI=1S/C13H20N2O2/c1-5-6-7-8-15-9-10(16)14-11(12(15)17)13(2,3)4/h11H,7-9H2,1-4H3,(H,14,16). The van der Waals surface area contributed by atoms with Crippen molar-refractivity contribution >= 4 is 11.8 Å². The molecule has 0 bridgehead atoms. The van der Waals surface area contributed by atoms with Gasteiger partial charge in [0.15, 0.2) is 0 Å². The van der Waals surface area contributed by atoms with Crippen molar-refractivity contribution in [2.45, 2.75) is 40.2 Å². The molecule has 0 radical (unpaired) electrons. The van der Waals surface area contributed by atoms with E-state index >= 15 is 0 Å². The van der Waals surface area contributed by atoms with Crippen LogP contribution < -0.4 is 5.32 Å². The maximum atomic E-state index is 12.2. The number of hydrogen-bond donors (Lipinski definition) is 1. The van der Waals surface area contributed by atoms with Gasteiger partial charge in [-0.1, -0.05) is 20.8 Å². The molecular weight excluding hydrogens is 216 g/mol. The van der Waals surface area contributed by atoms with E-state index in [0.717, 1.165) is 0 Å². The molecule has 0 aromatic rings. The summed E-state index contributed by atoms with van der Waals surface area (Å²) in [5.74, 6) is 5.60. The lowest BCUT2D eigenvalue weighted by Gasteiger charge is -2.38. The predicted octanol–water partition coefficient (Wildman–Crippen LogP) is 0.773. The highest BCUT2D eigenvalue weighted by atomic mass is 16.2. The second-order valence-electron chi connectivity index (χ2n) is 5.30. The van der Waals surface area contributed by atoms with Gasteiger partial charge in [-0.3, -0.25) is 9.59 Å². The summed E-state index contributed by atoms with van der Waals surface area (Å²) in [5.41, 5.74) is -0.262. The molecule has 0 saturated carbocycles.